The Hall–Kier alpha value is -0.570. The number of rotatable bonds is 13. The van der Waals surface area contributed by atoms with Gasteiger partial charge in [-0.05, 0) is 63.3 Å². The average molecular weight is 387 g/mol. The second-order valence-electron chi connectivity index (χ2n) is 6.36. The molecule has 0 aromatic rings. The predicted molar refractivity (Wildman–Crippen MR) is 104 cm³/mol. The summed E-state index contributed by atoms with van der Waals surface area (Å²) in [6, 6.07) is 0. The number of hydrogen-bond donors (Lipinski definition) is 0. The molecule has 0 aromatic heterocycles. The van der Waals surface area contributed by atoms with Crippen LogP contribution in [0.4, 0.5) is 0 Å². The molecule has 1 atom stereocenters. The minimum Gasteiger partial charge on any atom is -0.466 e. The van der Waals surface area contributed by atoms with Crippen molar-refractivity contribution in [2.45, 2.75) is 85.5 Å². The van der Waals surface area contributed by atoms with E-state index in [2.05, 4.69) is 36.4 Å². The van der Waals surface area contributed by atoms with Crippen molar-refractivity contribution in [2.75, 3.05) is 6.61 Å². The molecule has 0 spiro atoms. The fourth-order valence-corrected chi connectivity index (χ4v) is 3.26. The molecule has 0 aliphatic carbocycles. The van der Waals surface area contributed by atoms with Gasteiger partial charge in [0.2, 0.25) is 0 Å². The third kappa shape index (κ3) is 10.8. The Labute approximate surface area is 151 Å². The number of carbonyl (C=O) groups is 1. The number of allylic oxidation sites excluding steroid dienone is 3. The number of ether oxygens (including phenoxy) is 1. The minimum atomic E-state index is -0.0838. The average Bonchev–Trinajstić information content (AvgIpc) is 2.51. The number of carbonyl (C=O) groups excluding carboxylic acids is 1. The van der Waals surface area contributed by atoms with E-state index in [0.29, 0.717) is 6.61 Å². The standard InChI is InChI=1S/C20H35BrO2/c1-6-9-11-17(12-10-7-2)19(21)14-13-18(15-16(4)5)20(22)23-8-3/h18H,4,6-15H2,1-3,5H3. The summed E-state index contributed by atoms with van der Waals surface area (Å²) in [5.74, 6) is -0.155. The van der Waals surface area contributed by atoms with Crippen molar-refractivity contribution >= 4 is 21.9 Å². The number of unbranched alkanes of at least 4 members (excludes halogenated alkanes) is 2. The Balaban J connectivity index is 4.80. The van der Waals surface area contributed by atoms with E-state index in [1.54, 1.807) is 0 Å². The number of esters is 1. The maximum atomic E-state index is 12.1. The molecule has 0 saturated carbocycles. The number of hydrogen-bond acceptors (Lipinski definition) is 2. The van der Waals surface area contributed by atoms with Crippen LogP contribution in [0.1, 0.15) is 85.5 Å². The van der Waals surface area contributed by atoms with E-state index in [-0.39, 0.29) is 11.9 Å². The van der Waals surface area contributed by atoms with Gasteiger partial charge in [0.05, 0.1) is 12.5 Å². The van der Waals surface area contributed by atoms with E-state index in [9.17, 15) is 4.79 Å². The molecule has 0 bridgehead atoms. The Kier molecular flexibility index (Phi) is 13.5. The first kappa shape index (κ1) is 22.4. The summed E-state index contributed by atoms with van der Waals surface area (Å²) in [4.78, 5) is 12.1. The summed E-state index contributed by atoms with van der Waals surface area (Å²) in [5, 5.41) is 0. The lowest BCUT2D eigenvalue weighted by atomic mass is 9.94. The van der Waals surface area contributed by atoms with Crippen LogP contribution in [-0.4, -0.2) is 12.6 Å². The monoisotopic (exact) mass is 386 g/mol. The van der Waals surface area contributed by atoms with Crippen LogP contribution in [0.5, 0.6) is 0 Å². The molecule has 0 amide bonds. The van der Waals surface area contributed by atoms with Gasteiger partial charge in [-0.1, -0.05) is 53.8 Å². The molecule has 1 unspecified atom stereocenters. The maximum Gasteiger partial charge on any atom is 0.309 e. The highest BCUT2D eigenvalue weighted by atomic mass is 79.9. The van der Waals surface area contributed by atoms with Crippen molar-refractivity contribution in [2.24, 2.45) is 5.92 Å². The smallest absolute Gasteiger partial charge is 0.309 e. The zero-order valence-corrected chi connectivity index (χ0v) is 17.1. The quantitative estimate of drug-likeness (QED) is 0.253. The lowest BCUT2D eigenvalue weighted by Gasteiger charge is -2.17. The van der Waals surface area contributed by atoms with Crippen LogP contribution >= 0.6 is 15.9 Å². The largest absolute Gasteiger partial charge is 0.466 e. The molecule has 0 aliphatic heterocycles. The fourth-order valence-electron chi connectivity index (χ4n) is 2.64. The van der Waals surface area contributed by atoms with Crippen LogP contribution in [0, 0.1) is 5.92 Å². The highest BCUT2D eigenvalue weighted by Gasteiger charge is 2.20. The van der Waals surface area contributed by atoms with Gasteiger partial charge in [-0.15, -0.1) is 6.58 Å². The van der Waals surface area contributed by atoms with Gasteiger partial charge >= 0.3 is 5.97 Å². The SMILES string of the molecule is C=C(C)CC(CCC(Br)=C(CCCC)CCCC)C(=O)OCC. The molecule has 0 fully saturated rings. The fraction of sp³-hybridized carbons (Fsp3) is 0.750. The van der Waals surface area contributed by atoms with E-state index in [0.717, 1.165) is 24.8 Å². The molecule has 134 valence electrons. The Morgan fingerprint density at radius 2 is 1.65 bits per heavy atom. The van der Waals surface area contributed by atoms with Crippen molar-refractivity contribution in [3.63, 3.8) is 0 Å². The summed E-state index contributed by atoms with van der Waals surface area (Å²) < 4.78 is 6.52. The van der Waals surface area contributed by atoms with Gasteiger partial charge in [0.1, 0.15) is 0 Å². The highest BCUT2D eigenvalue weighted by Crippen LogP contribution is 2.29. The molecule has 0 N–H and O–H groups in total. The molecule has 0 aromatic carbocycles. The summed E-state index contributed by atoms with van der Waals surface area (Å²) in [7, 11) is 0. The van der Waals surface area contributed by atoms with E-state index in [1.165, 1.54) is 48.6 Å². The third-order valence-electron chi connectivity index (χ3n) is 3.97. The summed E-state index contributed by atoms with van der Waals surface area (Å²) in [6.07, 6.45) is 9.71. The van der Waals surface area contributed by atoms with E-state index in [4.69, 9.17) is 4.74 Å². The van der Waals surface area contributed by atoms with Gasteiger partial charge in [0.15, 0.2) is 0 Å². The topological polar surface area (TPSA) is 26.3 Å². The molecular weight excluding hydrogens is 352 g/mol. The van der Waals surface area contributed by atoms with Crippen LogP contribution < -0.4 is 0 Å². The van der Waals surface area contributed by atoms with Crippen molar-refractivity contribution in [3.05, 3.63) is 22.2 Å². The maximum absolute atomic E-state index is 12.1. The first-order chi connectivity index (χ1) is 11.0. The second-order valence-corrected chi connectivity index (χ2v) is 7.32. The van der Waals surface area contributed by atoms with Crippen LogP contribution in [0.3, 0.4) is 0 Å². The van der Waals surface area contributed by atoms with Crippen LogP contribution in [0.25, 0.3) is 0 Å². The lowest BCUT2D eigenvalue weighted by Crippen LogP contribution is -2.18. The van der Waals surface area contributed by atoms with Crippen molar-refractivity contribution in [1.29, 1.82) is 0 Å². The normalized spacial score (nSPS) is 11.9. The van der Waals surface area contributed by atoms with Gasteiger partial charge < -0.3 is 4.74 Å². The van der Waals surface area contributed by atoms with Crippen LogP contribution in [-0.2, 0) is 9.53 Å². The van der Waals surface area contributed by atoms with Crippen molar-refractivity contribution in [3.8, 4) is 0 Å². The van der Waals surface area contributed by atoms with Crippen molar-refractivity contribution < 1.29 is 9.53 Å². The first-order valence-corrected chi connectivity index (χ1v) is 9.92. The van der Waals surface area contributed by atoms with Gasteiger partial charge in [-0.2, -0.15) is 0 Å². The second kappa shape index (κ2) is 13.8. The van der Waals surface area contributed by atoms with Crippen LogP contribution in [0.15, 0.2) is 22.2 Å². The minimum absolute atomic E-state index is 0.0707. The lowest BCUT2D eigenvalue weighted by molar-refractivity contribution is -0.148. The molecule has 0 heterocycles. The summed E-state index contributed by atoms with van der Waals surface area (Å²) >= 11 is 3.79. The predicted octanol–water partition coefficient (Wildman–Crippen LogP) is 6.94. The summed E-state index contributed by atoms with van der Waals surface area (Å²) in [6.45, 7) is 12.7. The zero-order chi connectivity index (χ0) is 17.7. The molecule has 0 radical (unpaired) electrons. The Morgan fingerprint density at radius 1 is 1.09 bits per heavy atom. The van der Waals surface area contributed by atoms with Gasteiger partial charge in [0.25, 0.3) is 0 Å². The zero-order valence-electron chi connectivity index (χ0n) is 15.5. The molecule has 3 heteroatoms. The molecule has 23 heavy (non-hydrogen) atoms. The molecule has 0 rings (SSSR count). The van der Waals surface area contributed by atoms with E-state index < -0.39 is 0 Å². The summed E-state index contributed by atoms with van der Waals surface area (Å²) in [5.41, 5.74) is 2.58. The third-order valence-corrected chi connectivity index (χ3v) is 4.93. The van der Waals surface area contributed by atoms with Gasteiger partial charge in [-0.25, -0.2) is 0 Å². The Morgan fingerprint density at radius 3 is 2.09 bits per heavy atom. The van der Waals surface area contributed by atoms with E-state index in [1.807, 2.05) is 13.8 Å². The molecular formula is C20H35BrO2. The van der Waals surface area contributed by atoms with Gasteiger partial charge in [0, 0.05) is 0 Å². The Bertz CT molecular complexity index is 375. The number of halogens is 1. The first-order valence-electron chi connectivity index (χ1n) is 9.13. The highest BCUT2D eigenvalue weighted by molar-refractivity contribution is 9.11. The van der Waals surface area contributed by atoms with Crippen molar-refractivity contribution in [1.82, 2.24) is 0 Å². The van der Waals surface area contributed by atoms with Gasteiger partial charge in [-0.3, -0.25) is 4.79 Å². The molecule has 0 aliphatic rings. The molecule has 0 saturated heterocycles. The van der Waals surface area contributed by atoms with Crippen LogP contribution in [0.2, 0.25) is 0 Å². The van der Waals surface area contributed by atoms with E-state index >= 15 is 0 Å². The molecule has 2 nitrogen and oxygen atoms in total.